The number of nitrogens with zero attached hydrogens (tertiary/aromatic N) is 1. The normalized spacial score (nSPS) is 8.82. The molecule has 0 aromatic heterocycles. The molecular weight excluding hydrogens is 201 g/mol. The Balaban J connectivity index is 2.91. The molecule has 0 spiro atoms. The zero-order valence-corrected chi connectivity index (χ0v) is 8.09. The van der Waals surface area contributed by atoms with E-state index < -0.39 is 0 Å². The van der Waals surface area contributed by atoms with Gasteiger partial charge in [0.1, 0.15) is 0 Å². The van der Waals surface area contributed by atoms with Gasteiger partial charge in [0.2, 0.25) is 0 Å². The molecule has 0 aliphatic heterocycles. The number of benzene rings is 1. The Morgan fingerprint density at radius 1 is 1.36 bits per heavy atom. The van der Waals surface area contributed by atoms with Gasteiger partial charge >= 0.3 is 74.1 Å². The molecule has 0 saturated heterocycles. The molecule has 0 amide bonds. The first kappa shape index (κ1) is 8.42. The van der Waals surface area contributed by atoms with Crippen LogP contribution in [0.3, 0.4) is 0 Å². The molecule has 1 nitrogen and oxygen atoms in total. The van der Waals surface area contributed by atoms with E-state index in [2.05, 4.69) is 44.3 Å². The number of aryl methyl sites for hydroxylation is 1. The third-order valence-electron chi connectivity index (χ3n) is 1.52. The summed E-state index contributed by atoms with van der Waals surface area (Å²) in [6.45, 7) is 2.14. The standard InChI is InChI=1S/C9H9NSe/c1-2-8-3-5-9(6-4-8)10-7-11/h3-6H,2H2,1H3. The van der Waals surface area contributed by atoms with E-state index in [4.69, 9.17) is 0 Å². The van der Waals surface area contributed by atoms with Crippen molar-refractivity contribution in [3.05, 3.63) is 29.8 Å². The maximum absolute atomic E-state index is 3.98. The first-order valence-electron chi connectivity index (χ1n) is 3.53. The Kier molecular flexibility index (Phi) is 3.25. The molecular formula is C9H9NSe. The maximum atomic E-state index is 3.98. The molecule has 0 aliphatic rings. The topological polar surface area (TPSA) is 12.4 Å². The average molecular weight is 210 g/mol. The first-order chi connectivity index (χ1) is 5.36. The van der Waals surface area contributed by atoms with Gasteiger partial charge < -0.3 is 0 Å². The van der Waals surface area contributed by atoms with Crippen molar-refractivity contribution < 1.29 is 0 Å². The minimum absolute atomic E-state index is 0.945. The molecule has 0 unspecified atom stereocenters. The third-order valence-corrected chi connectivity index (χ3v) is 1.71. The third kappa shape index (κ3) is 2.43. The van der Waals surface area contributed by atoms with Crippen molar-refractivity contribution in [1.29, 1.82) is 0 Å². The van der Waals surface area contributed by atoms with Gasteiger partial charge in [0, 0.05) is 0 Å². The molecule has 1 rings (SSSR count). The molecule has 0 fully saturated rings. The molecule has 2 heteroatoms. The van der Waals surface area contributed by atoms with E-state index >= 15 is 0 Å². The van der Waals surface area contributed by atoms with E-state index in [0.717, 1.165) is 12.1 Å². The van der Waals surface area contributed by atoms with Gasteiger partial charge in [-0.05, 0) is 0 Å². The van der Waals surface area contributed by atoms with Gasteiger partial charge in [-0.1, -0.05) is 0 Å². The van der Waals surface area contributed by atoms with Gasteiger partial charge in [-0.15, -0.1) is 0 Å². The monoisotopic (exact) mass is 211 g/mol. The van der Waals surface area contributed by atoms with Crippen LogP contribution in [0.1, 0.15) is 12.5 Å². The van der Waals surface area contributed by atoms with Gasteiger partial charge in [-0.3, -0.25) is 0 Å². The number of rotatable bonds is 2. The number of hydrogen-bond donors (Lipinski definition) is 0. The van der Waals surface area contributed by atoms with Crippen LogP contribution in [0.25, 0.3) is 0 Å². The zero-order valence-electron chi connectivity index (χ0n) is 6.37. The average Bonchev–Trinajstić information content (AvgIpc) is 2.07. The summed E-state index contributed by atoms with van der Waals surface area (Å²) < 4.78 is 2.62. The van der Waals surface area contributed by atoms with E-state index in [1.807, 2.05) is 12.1 Å². The van der Waals surface area contributed by atoms with Gasteiger partial charge in [0.05, 0.1) is 0 Å². The molecule has 56 valence electrons. The van der Waals surface area contributed by atoms with E-state index in [1.54, 1.807) is 0 Å². The van der Waals surface area contributed by atoms with Crippen molar-refractivity contribution in [3.63, 3.8) is 0 Å². The molecule has 0 bridgehead atoms. The summed E-state index contributed by atoms with van der Waals surface area (Å²) in [7, 11) is 0. The molecule has 0 radical (unpaired) electrons. The fourth-order valence-corrected chi connectivity index (χ4v) is 1.08. The molecule has 0 aliphatic carbocycles. The van der Waals surface area contributed by atoms with Crippen LogP contribution < -0.4 is 0 Å². The van der Waals surface area contributed by atoms with Gasteiger partial charge in [-0.25, -0.2) is 0 Å². The quantitative estimate of drug-likeness (QED) is 0.522. The molecule has 0 saturated carbocycles. The van der Waals surface area contributed by atoms with Crippen molar-refractivity contribution in [2.24, 2.45) is 4.99 Å². The summed E-state index contributed by atoms with van der Waals surface area (Å²) in [4.78, 5) is 3.98. The van der Waals surface area contributed by atoms with Crippen molar-refractivity contribution in [2.75, 3.05) is 0 Å². The second-order valence-electron chi connectivity index (χ2n) is 2.22. The molecule has 1 aromatic rings. The fraction of sp³-hybridized carbons (Fsp3) is 0.222. The Labute approximate surface area is 74.5 Å². The van der Waals surface area contributed by atoms with Crippen LogP contribution in [0.2, 0.25) is 0 Å². The van der Waals surface area contributed by atoms with Crippen molar-refractivity contribution in [3.8, 4) is 0 Å². The van der Waals surface area contributed by atoms with E-state index in [0.29, 0.717) is 0 Å². The van der Waals surface area contributed by atoms with Crippen LogP contribution in [-0.2, 0) is 6.42 Å². The molecule has 0 heterocycles. The first-order valence-corrected chi connectivity index (χ1v) is 4.39. The Morgan fingerprint density at radius 3 is 2.45 bits per heavy atom. The predicted molar refractivity (Wildman–Crippen MR) is 48.7 cm³/mol. The van der Waals surface area contributed by atoms with Crippen LogP contribution >= 0.6 is 0 Å². The van der Waals surface area contributed by atoms with Crippen molar-refractivity contribution in [2.45, 2.75) is 13.3 Å². The summed E-state index contributed by atoms with van der Waals surface area (Å²) in [5.41, 5.74) is 2.28. The molecule has 0 N–H and O–H groups in total. The van der Waals surface area contributed by atoms with Gasteiger partial charge in [0.15, 0.2) is 0 Å². The molecule has 11 heavy (non-hydrogen) atoms. The Bertz CT molecular complexity index is 270. The number of hydrogen-bond acceptors (Lipinski definition) is 1. The van der Waals surface area contributed by atoms with E-state index in [1.165, 1.54) is 5.56 Å². The van der Waals surface area contributed by atoms with Crippen molar-refractivity contribution in [1.82, 2.24) is 0 Å². The summed E-state index contributed by atoms with van der Waals surface area (Å²) >= 11 is 2.60. The second-order valence-corrected chi connectivity index (χ2v) is 2.61. The van der Waals surface area contributed by atoms with Crippen molar-refractivity contribution >= 4 is 26.0 Å². The van der Waals surface area contributed by atoms with Gasteiger partial charge in [-0.2, -0.15) is 0 Å². The summed E-state index contributed by atoms with van der Waals surface area (Å²) in [6.07, 6.45) is 1.08. The van der Waals surface area contributed by atoms with Crippen LogP contribution in [0.5, 0.6) is 0 Å². The Morgan fingerprint density at radius 2 is 2.00 bits per heavy atom. The Hall–Kier alpha value is -0.681. The predicted octanol–water partition coefficient (Wildman–Crippen LogP) is 1.95. The number of aliphatic imine (C=N–C) groups is 1. The summed E-state index contributed by atoms with van der Waals surface area (Å²) in [5, 5.41) is 0. The molecule has 0 atom stereocenters. The zero-order chi connectivity index (χ0) is 8.10. The van der Waals surface area contributed by atoms with Crippen LogP contribution in [0.4, 0.5) is 5.69 Å². The fourth-order valence-electron chi connectivity index (χ4n) is 0.859. The van der Waals surface area contributed by atoms with E-state index in [9.17, 15) is 0 Å². The SMILES string of the molecule is CCc1ccc(N=C=[Se])cc1. The van der Waals surface area contributed by atoms with E-state index in [-0.39, 0.29) is 0 Å². The minimum atomic E-state index is 0.945. The second kappa shape index (κ2) is 4.25. The summed E-state index contributed by atoms with van der Waals surface area (Å²) in [5.74, 6) is 0. The molecule has 1 aromatic carbocycles. The van der Waals surface area contributed by atoms with Crippen LogP contribution in [0, 0.1) is 0 Å². The van der Waals surface area contributed by atoms with Crippen LogP contribution in [-0.4, -0.2) is 20.3 Å². The van der Waals surface area contributed by atoms with Gasteiger partial charge in [0.25, 0.3) is 0 Å². The van der Waals surface area contributed by atoms with Crippen LogP contribution in [0.15, 0.2) is 29.3 Å². The summed E-state index contributed by atoms with van der Waals surface area (Å²) in [6, 6.07) is 8.14.